The SMILES string of the molecule is CC(=[N-])/C=C(/C)[NH-].[Ir+3].[c-]1ccccc1-n1cccn1. The molecule has 0 atom stereocenters. The second-order valence-electron chi connectivity index (χ2n) is 3.67. The largest absolute Gasteiger partial charge is 3.00 e. The fourth-order valence-electron chi connectivity index (χ4n) is 1.25. The van der Waals surface area contributed by atoms with Crippen LogP contribution >= 0.6 is 0 Å². The van der Waals surface area contributed by atoms with Crippen LogP contribution in [0.15, 0.2) is 54.5 Å². The number of nitrogens with one attached hydrogen (secondary N) is 1. The van der Waals surface area contributed by atoms with Crippen LogP contribution in [-0.4, -0.2) is 15.5 Å². The Labute approximate surface area is 127 Å². The number of allylic oxidation sites excluding steroid dienone is 2. The summed E-state index contributed by atoms with van der Waals surface area (Å²) in [6.45, 7) is 3.15. The molecule has 1 N–H and O–H groups in total. The van der Waals surface area contributed by atoms with Gasteiger partial charge in [0, 0.05) is 12.4 Å². The van der Waals surface area contributed by atoms with E-state index in [1.54, 1.807) is 17.8 Å². The standard InChI is InChI=1S/C9H7N2.C5H8N2.Ir/c1-2-5-9(6-3-1)11-8-4-7-10-11;1-4(6)3-5(2)7;/h1-5,7-8H;3,6H,1-2H3;/q-1;-2;+3/b;4-3-;. The molecule has 0 bridgehead atoms. The first-order chi connectivity index (χ1) is 8.59. The van der Waals surface area contributed by atoms with E-state index in [0.717, 1.165) is 5.69 Å². The molecule has 19 heavy (non-hydrogen) atoms. The summed E-state index contributed by atoms with van der Waals surface area (Å²) in [5, 5.41) is 12.5. The summed E-state index contributed by atoms with van der Waals surface area (Å²) in [5.74, 6) is 0. The number of hydrogen-bond acceptors (Lipinski definition) is 1. The van der Waals surface area contributed by atoms with E-state index in [9.17, 15) is 0 Å². The van der Waals surface area contributed by atoms with Crippen molar-refractivity contribution in [3.63, 3.8) is 0 Å². The summed E-state index contributed by atoms with van der Waals surface area (Å²) in [6, 6.07) is 12.7. The monoisotopic (exact) mass is 432 g/mol. The maximum Gasteiger partial charge on any atom is 3.00 e. The van der Waals surface area contributed by atoms with Gasteiger partial charge < -0.3 is 11.1 Å². The molecule has 2 aromatic rings. The van der Waals surface area contributed by atoms with Gasteiger partial charge in [0.2, 0.25) is 0 Å². The third kappa shape index (κ3) is 7.34. The Morgan fingerprint density at radius 2 is 2.11 bits per heavy atom. The second-order valence-corrected chi connectivity index (χ2v) is 3.67. The molecule has 0 unspecified atom stereocenters. The summed E-state index contributed by atoms with van der Waals surface area (Å²) in [5.41, 5.74) is 8.32. The van der Waals surface area contributed by atoms with Crippen LogP contribution in [0.25, 0.3) is 16.8 Å². The van der Waals surface area contributed by atoms with Gasteiger partial charge in [-0.25, -0.2) is 0 Å². The van der Waals surface area contributed by atoms with Crippen molar-refractivity contribution in [2.45, 2.75) is 13.8 Å². The fraction of sp³-hybridized carbons (Fsp3) is 0.143. The minimum atomic E-state index is 0. The average Bonchev–Trinajstić information content (AvgIpc) is 2.82. The zero-order valence-electron chi connectivity index (χ0n) is 10.8. The van der Waals surface area contributed by atoms with E-state index in [1.165, 1.54) is 13.0 Å². The van der Waals surface area contributed by atoms with E-state index < -0.39 is 0 Å². The van der Waals surface area contributed by atoms with Crippen molar-refractivity contribution >= 4 is 5.71 Å². The maximum absolute atomic E-state index is 8.44. The molecule has 2 rings (SSSR count). The van der Waals surface area contributed by atoms with E-state index >= 15 is 0 Å². The quantitative estimate of drug-likeness (QED) is 0.529. The van der Waals surface area contributed by atoms with Crippen molar-refractivity contribution < 1.29 is 20.1 Å². The minimum Gasteiger partial charge on any atom is -0.808 e. The molecule has 0 amide bonds. The van der Waals surface area contributed by atoms with E-state index in [0.29, 0.717) is 5.70 Å². The molecular formula is C14H15IrN4. The summed E-state index contributed by atoms with van der Waals surface area (Å²) >= 11 is 0. The molecule has 0 saturated heterocycles. The Balaban J connectivity index is 0.000000360. The van der Waals surface area contributed by atoms with E-state index in [2.05, 4.69) is 11.2 Å². The molecule has 4 nitrogen and oxygen atoms in total. The van der Waals surface area contributed by atoms with Crippen molar-refractivity contribution in [1.82, 2.24) is 9.78 Å². The van der Waals surface area contributed by atoms with Crippen LogP contribution in [0.2, 0.25) is 0 Å². The smallest absolute Gasteiger partial charge is 0.808 e. The Morgan fingerprint density at radius 3 is 2.47 bits per heavy atom. The van der Waals surface area contributed by atoms with Crippen LogP contribution in [0, 0.1) is 6.07 Å². The molecule has 0 fully saturated rings. The van der Waals surface area contributed by atoms with Crippen LogP contribution in [-0.2, 0) is 20.1 Å². The zero-order chi connectivity index (χ0) is 13.4. The van der Waals surface area contributed by atoms with Crippen molar-refractivity contribution in [2.24, 2.45) is 0 Å². The number of rotatable bonds is 2. The van der Waals surface area contributed by atoms with Gasteiger partial charge in [0.25, 0.3) is 0 Å². The minimum absolute atomic E-state index is 0. The molecule has 1 aromatic heterocycles. The molecule has 0 spiro atoms. The molecule has 1 aromatic carbocycles. The Morgan fingerprint density at radius 1 is 1.37 bits per heavy atom. The number of para-hydroxylation sites is 1. The fourth-order valence-corrected chi connectivity index (χ4v) is 1.25. The van der Waals surface area contributed by atoms with Gasteiger partial charge in [-0.15, -0.1) is 12.1 Å². The van der Waals surface area contributed by atoms with Crippen LogP contribution in [0.1, 0.15) is 13.8 Å². The number of aromatic nitrogens is 2. The van der Waals surface area contributed by atoms with Crippen LogP contribution < -0.4 is 0 Å². The van der Waals surface area contributed by atoms with Gasteiger partial charge in [-0.3, -0.25) is 4.68 Å². The summed E-state index contributed by atoms with van der Waals surface area (Å²) < 4.78 is 1.78. The molecule has 0 radical (unpaired) electrons. The molecule has 5 heteroatoms. The number of hydrogen-bond donors (Lipinski definition) is 0. The summed E-state index contributed by atoms with van der Waals surface area (Å²) in [6.07, 6.45) is 5.03. The predicted octanol–water partition coefficient (Wildman–Crippen LogP) is 3.64. The first-order valence-corrected chi connectivity index (χ1v) is 5.48. The van der Waals surface area contributed by atoms with Crippen molar-refractivity contribution in [3.05, 3.63) is 71.7 Å². The van der Waals surface area contributed by atoms with Crippen molar-refractivity contribution in [3.8, 4) is 5.69 Å². The van der Waals surface area contributed by atoms with Crippen LogP contribution in [0.3, 0.4) is 0 Å². The average molecular weight is 432 g/mol. The third-order valence-corrected chi connectivity index (χ3v) is 1.87. The van der Waals surface area contributed by atoms with Gasteiger partial charge >= 0.3 is 20.1 Å². The Bertz CT molecular complexity index is 500. The first kappa shape index (κ1) is 17.3. The maximum atomic E-state index is 8.44. The summed E-state index contributed by atoms with van der Waals surface area (Å²) in [4.78, 5) is 0. The third-order valence-electron chi connectivity index (χ3n) is 1.87. The molecule has 0 aliphatic rings. The molecule has 0 saturated carbocycles. The zero-order valence-corrected chi connectivity index (χ0v) is 13.2. The van der Waals surface area contributed by atoms with Crippen molar-refractivity contribution in [1.29, 1.82) is 0 Å². The van der Waals surface area contributed by atoms with Crippen LogP contribution in [0.5, 0.6) is 0 Å². The molecule has 100 valence electrons. The van der Waals surface area contributed by atoms with E-state index in [-0.39, 0.29) is 25.8 Å². The van der Waals surface area contributed by atoms with Gasteiger partial charge in [0.1, 0.15) is 0 Å². The summed E-state index contributed by atoms with van der Waals surface area (Å²) in [7, 11) is 0. The predicted molar refractivity (Wildman–Crippen MR) is 74.5 cm³/mol. The molecule has 1 heterocycles. The van der Waals surface area contributed by atoms with Gasteiger partial charge in [0.05, 0.1) is 0 Å². The van der Waals surface area contributed by atoms with Crippen LogP contribution in [0.4, 0.5) is 0 Å². The first-order valence-electron chi connectivity index (χ1n) is 5.48. The Hall–Kier alpha value is -1.71. The van der Waals surface area contributed by atoms with Gasteiger partial charge in [-0.2, -0.15) is 40.8 Å². The second kappa shape index (κ2) is 9.25. The molecular weight excluding hydrogens is 416 g/mol. The molecule has 0 aliphatic carbocycles. The topological polar surface area (TPSA) is 63.9 Å². The normalized spacial score (nSPS) is 9.89. The number of benzene rings is 1. The Kier molecular flexibility index (Phi) is 8.42. The van der Waals surface area contributed by atoms with Gasteiger partial charge in [0.15, 0.2) is 0 Å². The van der Waals surface area contributed by atoms with Gasteiger partial charge in [-0.05, 0) is 11.8 Å². The van der Waals surface area contributed by atoms with Crippen molar-refractivity contribution in [2.75, 3.05) is 0 Å². The van der Waals surface area contributed by atoms with E-state index in [1.807, 2.05) is 36.5 Å². The number of nitrogens with zero attached hydrogens (tertiary/aromatic N) is 3. The van der Waals surface area contributed by atoms with Gasteiger partial charge in [-0.1, -0.05) is 13.8 Å². The van der Waals surface area contributed by atoms with E-state index in [4.69, 9.17) is 11.1 Å². The molecule has 0 aliphatic heterocycles.